The van der Waals surface area contributed by atoms with Gasteiger partial charge < -0.3 is 14.6 Å². The van der Waals surface area contributed by atoms with Crippen molar-refractivity contribution >= 4 is 34.5 Å². The first-order valence-corrected chi connectivity index (χ1v) is 11.6. The zero-order valence-electron chi connectivity index (χ0n) is 19.7. The maximum absolute atomic E-state index is 12.6. The Morgan fingerprint density at radius 1 is 1.08 bits per heavy atom. The number of benzene rings is 4. The monoisotopic (exact) mass is 500 g/mol. The van der Waals surface area contributed by atoms with E-state index in [-0.39, 0.29) is 11.3 Å². The van der Waals surface area contributed by atoms with Crippen LogP contribution in [-0.2, 0) is 13.0 Å². The molecule has 4 rings (SSSR count). The zero-order chi connectivity index (χ0) is 25.5. The highest BCUT2D eigenvalue weighted by atomic mass is 35.5. The summed E-state index contributed by atoms with van der Waals surface area (Å²) in [6.45, 7) is 4.18. The van der Waals surface area contributed by atoms with Crippen LogP contribution in [0.1, 0.15) is 27.0 Å². The van der Waals surface area contributed by atoms with Gasteiger partial charge in [-0.3, -0.25) is 4.79 Å². The van der Waals surface area contributed by atoms with Crippen molar-refractivity contribution in [2.45, 2.75) is 13.0 Å². The smallest absolute Gasteiger partial charge is 0.275 e. The Labute approximate surface area is 214 Å². The number of rotatable bonds is 9. The average Bonchev–Trinajstić information content (AvgIpc) is 2.88. The van der Waals surface area contributed by atoms with Gasteiger partial charge in [-0.15, -0.1) is 6.58 Å². The van der Waals surface area contributed by atoms with E-state index >= 15 is 0 Å². The highest BCUT2D eigenvalue weighted by Crippen LogP contribution is 2.34. The molecule has 0 saturated carbocycles. The minimum absolute atomic E-state index is 0.112. The van der Waals surface area contributed by atoms with E-state index in [0.29, 0.717) is 35.1 Å². The number of nitrogens with one attached hydrogen (secondary N) is 1. The third-order valence-corrected chi connectivity index (χ3v) is 5.78. The summed E-state index contributed by atoms with van der Waals surface area (Å²) in [5.41, 5.74) is 5.14. The van der Waals surface area contributed by atoms with Crippen molar-refractivity contribution in [3.8, 4) is 17.2 Å². The summed E-state index contributed by atoms with van der Waals surface area (Å²) < 4.78 is 11.7. The van der Waals surface area contributed by atoms with Crippen LogP contribution in [0, 0.1) is 0 Å². The number of phenolic OH excluding ortho intramolecular Hbond substituents is 1. The Morgan fingerprint density at radius 3 is 2.50 bits per heavy atom. The van der Waals surface area contributed by atoms with Crippen LogP contribution in [0.25, 0.3) is 10.8 Å². The van der Waals surface area contributed by atoms with Gasteiger partial charge in [0.05, 0.1) is 18.9 Å². The van der Waals surface area contributed by atoms with E-state index in [9.17, 15) is 9.90 Å². The average molecular weight is 501 g/mol. The van der Waals surface area contributed by atoms with Crippen LogP contribution in [0.15, 0.2) is 90.6 Å². The van der Waals surface area contributed by atoms with Crippen molar-refractivity contribution in [1.82, 2.24) is 5.43 Å². The number of amides is 1. The number of fused-ring (bicyclic) bond motifs is 1. The standard InChI is InChI=1S/C29H25ClN2O4/c1-3-6-23-13-20(14-27(35-2)28(23)36-18-19-9-11-24(30)12-10-19)17-31-32-29(34)25-15-21-7-4-5-8-22(21)16-26(25)33/h3-5,7-17,33H,1,6,18H2,2H3,(H,32,34). The summed E-state index contributed by atoms with van der Waals surface area (Å²) in [6, 6.07) is 21.8. The van der Waals surface area contributed by atoms with Gasteiger partial charge in [0.1, 0.15) is 12.4 Å². The molecule has 0 radical (unpaired) electrons. The number of aromatic hydroxyl groups is 1. The number of halogens is 1. The summed E-state index contributed by atoms with van der Waals surface area (Å²) in [7, 11) is 1.56. The minimum atomic E-state index is -0.518. The number of ether oxygens (including phenoxy) is 2. The third kappa shape index (κ3) is 5.85. The number of methoxy groups -OCH3 is 1. The second-order valence-corrected chi connectivity index (χ2v) is 8.47. The Morgan fingerprint density at radius 2 is 1.81 bits per heavy atom. The number of phenols is 1. The summed E-state index contributed by atoms with van der Waals surface area (Å²) in [5.74, 6) is 0.507. The molecule has 0 aliphatic heterocycles. The molecule has 0 heterocycles. The lowest BCUT2D eigenvalue weighted by atomic mass is 10.1. The van der Waals surface area contributed by atoms with Gasteiger partial charge in [-0.1, -0.05) is 54.1 Å². The third-order valence-electron chi connectivity index (χ3n) is 5.52. The van der Waals surface area contributed by atoms with Crippen molar-refractivity contribution in [2.24, 2.45) is 5.10 Å². The van der Waals surface area contributed by atoms with E-state index < -0.39 is 5.91 Å². The zero-order valence-corrected chi connectivity index (χ0v) is 20.5. The topological polar surface area (TPSA) is 80.2 Å². The van der Waals surface area contributed by atoms with E-state index in [4.69, 9.17) is 21.1 Å². The lowest BCUT2D eigenvalue weighted by molar-refractivity contribution is 0.0952. The summed E-state index contributed by atoms with van der Waals surface area (Å²) in [6.07, 6.45) is 3.83. The molecule has 0 fully saturated rings. The van der Waals surface area contributed by atoms with Crippen LogP contribution >= 0.6 is 11.6 Å². The lowest BCUT2D eigenvalue weighted by Gasteiger charge is -2.16. The Balaban J connectivity index is 1.52. The first kappa shape index (κ1) is 24.8. The molecule has 0 aliphatic rings. The molecule has 6 nitrogen and oxygen atoms in total. The number of nitrogens with zero attached hydrogens (tertiary/aromatic N) is 1. The summed E-state index contributed by atoms with van der Waals surface area (Å²) in [4.78, 5) is 12.6. The van der Waals surface area contributed by atoms with Gasteiger partial charge in [0.15, 0.2) is 11.5 Å². The molecule has 1 amide bonds. The fourth-order valence-corrected chi connectivity index (χ4v) is 3.88. The fourth-order valence-electron chi connectivity index (χ4n) is 3.75. The molecule has 0 unspecified atom stereocenters. The van der Waals surface area contributed by atoms with Gasteiger partial charge in [0.2, 0.25) is 0 Å². The van der Waals surface area contributed by atoms with E-state index in [1.807, 2.05) is 54.6 Å². The molecular formula is C29H25ClN2O4. The van der Waals surface area contributed by atoms with Crippen LogP contribution in [0.5, 0.6) is 17.2 Å². The molecule has 0 spiro atoms. The normalized spacial score (nSPS) is 10.9. The largest absolute Gasteiger partial charge is 0.507 e. The highest BCUT2D eigenvalue weighted by Gasteiger charge is 2.14. The predicted molar refractivity (Wildman–Crippen MR) is 143 cm³/mol. The van der Waals surface area contributed by atoms with Gasteiger partial charge >= 0.3 is 0 Å². The fraction of sp³-hybridized carbons (Fsp3) is 0.103. The molecule has 7 heteroatoms. The van der Waals surface area contributed by atoms with Crippen molar-refractivity contribution in [3.05, 3.63) is 113 Å². The molecule has 4 aromatic rings. The molecular weight excluding hydrogens is 476 g/mol. The number of carbonyl (C=O) groups excluding carboxylic acids is 1. The van der Waals surface area contributed by atoms with Crippen LogP contribution in [-0.4, -0.2) is 24.3 Å². The summed E-state index contributed by atoms with van der Waals surface area (Å²) in [5, 5.41) is 16.7. The molecule has 2 N–H and O–H groups in total. The molecule has 0 aromatic heterocycles. The molecule has 36 heavy (non-hydrogen) atoms. The summed E-state index contributed by atoms with van der Waals surface area (Å²) >= 11 is 5.96. The number of allylic oxidation sites excluding steroid dienone is 1. The van der Waals surface area contributed by atoms with Crippen molar-refractivity contribution < 1.29 is 19.4 Å². The second kappa shape index (κ2) is 11.4. The molecule has 0 bridgehead atoms. The molecule has 182 valence electrons. The Hall–Kier alpha value is -4.29. The van der Waals surface area contributed by atoms with Gasteiger partial charge in [-0.05, 0) is 64.7 Å². The highest BCUT2D eigenvalue weighted by molar-refractivity contribution is 6.30. The van der Waals surface area contributed by atoms with Crippen LogP contribution < -0.4 is 14.9 Å². The Kier molecular flexibility index (Phi) is 7.88. The lowest BCUT2D eigenvalue weighted by Crippen LogP contribution is -2.17. The second-order valence-electron chi connectivity index (χ2n) is 8.03. The van der Waals surface area contributed by atoms with Crippen molar-refractivity contribution in [2.75, 3.05) is 7.11 Å². The van der Waals surface area contributed by atoms with Crippen molar-refractivity contribution in [1.29, 1.82) is 0 Å². The van der Waals surface area contributed by atoms with E-state index in [1.165, 1.54) is 6.21 Å². The number of hydrogen-bond donors (Lipinski definition) is 2. The van der Waals surface area contributed by atoms with E-state index in [1.54, 1.807) is 31.4 Å². The minimum Gasteiger partial charge on any atom is -0.507 e. The van der Waals surface area contributed by atoms with Crippen molar-refractivity contribution in [3.63, 3.8) is 0 Å². The maximum atomic E-state index is 12.6. The predicted octanol–water partition coefficient (Wildman–Crippen LogP) is 6.28. The van der Waals surface area contributed by atoms with Gasteiger partial charge in [0, 0.05) is 10.6 Å². The molecule has 0 atom stereocenters. The van der Waals surface area contributed by atoms with Gasteiger partial charge in [-0.2, -0.15) is 5.10 Å². The number of carbonyl (C=O) groups is 1. The first-order valence-electron chi connectivity index (χ1n) is 11.2. The Bertz CT molecular complexity index is 1430. The van der Waals surface area contributed by atoms with Crippen LogP contribution in [0.3, 0.4) is 0 Å². The van der Waals surface area contributed by atoms with Gasteiger partial charge in [-0.25, -0.2) is 5.43 Å². The van der Waals surface area contributed by atoms with Gasteiger partial charge in [0.25, 0.3) is 5.91 Å². The molecule has 4 aromatic carbocycles. The van der Waals surface area contributed by atoms with E-state index in [2.05, 4.69) is 17.1 Å². The van der Waals surface area contributed by atoms with Crippen LogP contribution in [0.4, 0.5) is 0 Å². The molecule has 0 saturated heterocycles. The van der Waals surface area contributed by atoms with Crippen LogP contribution in [0.2, 0.25) is 5.02 Å². The number of hydrogen-bond acceptors (Lipinski definition) is 5. The van der Waals surface area contributed by atoms with E-state index in [0.717, 1.165) is 21.9 Å². The molecule has 0 aliphatic carbocycles. The maximum Gasteiger partial charge on any atom is 0.275 e. The SMILES string of the molecule is C=CCc1cc(C=NNC(=O)c2cc3ccccc3cc2O)cc(OC)c1OCc1ccc(Cl)cc1. The quantitative estimate of drug-likeness (QED) is 0.161. The number of hydrazone groups is 1. The first-order chi connectivity index (χ1) is 17.5.